The van der Waals surface area contributed by atoms with Gasteiger partial charge in [-0.1, -0.05) is 25.7 Å². The first-order valence-electron chi connectivity index (χ1n) is 6.46. The molecule has 0 bridgehead atoms. The summed E-state index contributed by atoms with van der Waals surface area (Å²) in [5.74, 6) is 2.61. The minimum atomic E-state index is 0.0940. The molecule has 2 heteroatoms. The van der Waals surface area contributed by atoms with E-state index in [9.17, 15) is 4.79 Å². The Bertz CT molecular complexity index is 274. The van der Waals surface area contributed by atoms with Crippen LogP contribution in [0.3, 0.4) is 0 Å². The van der Waals surface area contributed by atoms with Gasteiger partial charge in [-0.25, -0.2) is 0 Å². The maximum Gasteiger partial charge on any atom is 0.309 e. The molecule has 0 amide bonds. The van der Waals surface area contributed by atoms with E-state index in [4.69, 9.17) is 4.74 Å². The predicted molar refractivity (Wildman–Crippen MR) is 57.2 cm³/mol. The van der Waals surface area contributed by atoms with Crippen molar-refractivity contribution in [3.63, 3.8) is 0 Å². The molecule has 0 N–H and O–H groups in total. The second kappa shape index (κ2) is 3.50. The minimum Gasteiger partial charge on any atom is -0.462 e. The molecule has 0 aromatic heterocycles. The first kappa shape index (κ1) is 9.68. The van der Waals surface area contributed by atoms with Crippen molar-refractivity contribution in [2.45, 2.75) is 51.6 Å². The summed E-state index contributed by atoms with van der Waals surface area (Å²) >= 11 is 0. The van der Waals surface area contributed by atoms with Crippen LogP contribution >= 0.6 is 0 Å². The molecule has 0 aromatic carbocycles. The van der Waals surface area contributed by atoms with Crippen molar-refractivity contribution in [3.05, 3.63) is 0 Å². The van der Waals surface area contributed by atoms with Gasteiger partial charge in [-0.2, -0.15) is 0 Å². The number of carbonyl (C=O) groups is 1. The standard InChI is InChI=1S/C13H20O2/c1-8-11-6-9-4-2-3-5-10(9)7-12(11)13(14)15-8/h8-12H,2-7H2,1H3/t8-,9?,10?,11-,12-/m1/s1. The topological polar surface area (TPSA) is 26.3 Å². The van der Waals surface area contributed by atoms with E-state index in [1.807, 2.05) is 0 Å². The number of hydrogen-bond acceptors (Lipinski definition) is 2. The zero-order valence-electron chi connectivity index (χ0n) is 9.45. The van der Waals surface area contributed by atoms with Gasteiger partial charge >= 0.3 is 5.97 Å². The Morgan fingerprint density at radius 1 is 1.13 bits per heavy atom. The van der Waals surface area contributed by atoms with Crippen molar-refractivity contribution in [1.82, 2.24) is 0 Å². The number of fused-ring (bicyclic) bond motifs is 2. The van der Waals surface area contributed by atoms with Crippen LogP contribution in [-0.2, 0) is 9.53 Å². The van der Waals surface area contributed by atoms with Crippen LogP contribution in [-0.4, -0.2) is 12.1 Å². The second-order valence-corrected chi connectivity index (χ2v) is 5.69. The number of rotatable bonds is 0. The minimum absolute atomic E-state index is 0.0940. The third-order valence-corrected chi connectivity index (χ3v) is 4.92. The largest absolute Gasteiger partial charge is 0.462 e. The smallest absolute Gasteiger partial charge is 0.309 e. The predicted octanol–water partition coefficient (Wildman–Crippen LogP) is 2.76. The van der Waals surface area contributed by atoms with Gasteiger partial charge in [-0.15, -0.1) is 0 Å². The van der Waals surface area contributed by atoms with Gasteiger partial charge < -0.3 is 4.74 Å². The van der Waals surface area contributed by atoms with Gasteiger partial charge in [0.2, 0.25) is 0 Å². The van der Waals surface area contributed by atoms with Gasteiger partial charge in [0.1, 0.15) is 6.10 Å². The van der Waals surface area contributed by atoms with Gasteiger partial charge in [-0.05, 0) is 31.6 Å². The average Bonchev–Trinajstić information content (AvgIpc) is 2.52. The van der Waals surface area contributed by atoms with Crippen LogP contribution in [0, 0.1) is 23.7 Å². The summed E-state index contributed by atoms with van der Waals surface area (Å²) in [5, 5.41) is 0. The lowest BCUT2D eigenvalue weighted by atomic mass is 9.63. The summed E-state index contributed by atoms with van der Waals surface area (Å²) in [6, 6.07) is 0. The number of esters is 1. The molecule has 5 atom stereocenters. The SMILES string of the molecule is C[C@H]1OC(=O)[C@@H]2CC3CCCCC3C[C@H]12. The monoisotopic (exact) mass is 208 g/mol. The summed E-state index contributed by atoms with van der Waals surface area (Å²) in [6.45, 7) is 2.08. The first-order chi connectivity index (χ1) is 7.25. The molecule has 1 heterocycles. The Balaban J connectivity index is 1.78. The third kappa shape index (κ3) is 1.49. The van der Waals surface area contributed by atoms with E-state index >= 15 is 0 Å². The van der Waals surface area contributed by atoms with Crippen molar-refractivity contribution in [1.29, 1.82) is 0 Å². The molecule has 1 aliphatic heterocycles. The second-order valence-electron chi connectivity index (χ2n) is 5.69. The van der Waals surface area contributed by atoms with Crippen LogP contribution in [0.1, 0.15) is 45.4 Å². The summed E-state index contributed by atoms with van der Waals surface area (Å²) in [4.78, 5) is 11.7. The number of hydrogen-bond donors (Lipinski definition) is 0. The lowest BCUT2D eigenvalue weighted by molar-refractivity contribution is -0.144. The lowest BCUT2D eigenvalue weighted by Gasteiger charge is -2.40. The highest BCUT2D eigenvalue weighted by molar-refractivity contribution is 5.75. The molecule has 2 nitrogen and oxygen atoms in total. The van der Waals surface area contributed by atoms with E-state index in [1.165, 1.54) is 32.1 Å². The maximum atomic E-state index is 11.7. The molecule has 84 valence electrons. The Morgan fingerprint density at radius 2 is 1.80 bits per heavy atom. The summed E-state index contributed by atoms with van der Waals surface area (Å²) < 4.78 is 5.38. The normalized spacial score (nSPS) is 49.4. The molecule has 3 aliphatic rings. The highest BCUT2D eigenvalue weighted by Gasteiger charge is 2.48. The van der Waals surface area contributed by atoms with Crippen molar-refractivity contribution in [2.24, 2.45) is 23.7 Å². The molecule has 3 rings (SSSR count). The summed E-state index contributed by atoms with van der Waals surface area (Å²) in [7, 11) is 0. The van der Waals surface area contributed by atoms with Crippen LogP contribution in [0.2, 0.25) is 0 Å². The van der Waals surface area contributed by atoms with Crippen LogP contribution in [0.4, 0.5) is 0 Å². The van der Waals surface area contributed by atoms with Gasteiger partial charge in [0.05, 0.1) is 5.92 Å². The Morgan fingerprint density at radius 3 is 2.53 bits per heavy atom. The molecule has 0 aromatic rings. The lowest BCUT2D eigenvalue weighted by Crippen LogP contribution is -2.35. The molecule has 1 saturated heterocycles. The highest BCUT2D eigenvalue weighted by Crippen LogP contribution is 2.49. The van der Waals surface area contributed by atoms with Crippen molar-refractivity contribution in [3.8, 4) is 0 Å². The van der Waals surface area contributed by atoms with Crippen LogP contribution in [0.5, 0.6) is 0 Å². The Labute approximate surface area is 91.4 Å². The molecule has 2 saturated carbocycles. The average molecular weight is 208 g/mol. The van der Waals surface area contributed by atoms with Crippen LogP contribution < -0.4 is 0 Å². The highest BCUT2D eigenvalue weighted by atomic mass is 16.6. The molecular formula is C13H20O2. The first-order valence-corrected chi connectivity index (χ1v) is 6.46. The molecular weight excluding hydrogens is 188 g/mol. The van der Waals surface area contributed by atoms with Crippen LogP contribution in [0.15, 0.2) is 0 Å². The maximum absolute atomic E-state index is 11.7. The van der Waals surface area contributed by atoms with E-state index in [0.29, 0.717) is 5.92 Å². The van der Waals surface area contributed by atoms with E-state index in [2.05, 4.69) is 6.92 Å². The zero-order chi connectivity index (χ0) is 10.4. The summed E-state index contributed by atoms with van der Waals surface area (Å²) in [6.07, 6.45) is 8.10. The molecule has 2 unspecified atom stereocenters. The van der Waals surface area contributed by atoms with Gasteiger partial charge in [0, 0.05) is 5.92 Å². The molecule has 0 spiro atoms. The Hall–Kier alpha value is -0.530. The van der Waals surface area contributed by atoms with Crippen molar-refractivity contribution >= 4 is 5.97 Å². The zero-order valence-corrected chi connectivity index (χ0v) is 9.45. The molecule has 3 fully saturated rings. The number of ether oxygens (including phenoxy) is 1. The number of carbonyl (C=O) groups excluding carboxylic acids is 1. The summed E-state index contributed by atoms with van der Waals surface area (Å²) in [5.41, 5.74) is 0. The fraction of sp³-hybridized carbons (Fsp3) is 0.923. The van der Waals surface area contributed by atoms with E-state index in [0.717, 1.165) is 18.3 Å². The van der Waals surface area contributed by atoms with Gasteiger partial charge in [-0.3, -0.25) is 4.79 Å². The van der Waals surface area contributed by atoms with Gasteiger partial charge in [0.25, 0.3) is 0 Å². The fourth-order valence-electron chi connectivity index (χ4n) is 4.07. The molecule has 0 radical (unpaired) electrons. The quantitative estimate of drug-likeness (QED) is 0.572. The molecule has 2 aliphatic carbocycles. The van der Waals surface area contributed by atoms with Gasteiger partial charge in [0.15, 0.2) is 0 Å². The third-order valence-electron chi connectivity index (χ3n) is 4.92. The Kier molecular flexibility index (Phi) is 2.26. The van der Waals surface area contributed by atoms with E-state index in [1.54, 1.807) is 0 Å². The van der Waals surface area contributed by atoms with E-state index < -0.39 is 0 Å². The van der Waals surface area contributed by atoms with Crippen molar-refractivity contribution in [2.75, 3.05) is 0 Å². The van der Waals surface area contributed by atoms with Crippen LogP contribution in [0.25, 0.3) is 0 Å². The van der Waals surface area contributed by atoms with E-state index in [-0.39, 0.29) is 18.0 Å². The fourth-order valence-corrected chi connectivity index (χ4v) is 4.07. The van der Waals surface area contributed by atoms with Crippen molar-refractivity contribution < 1.29 is 9.53 Å². The molecule has 15 heavy (non-hydrogen) atoms. The number of cyclic esters (lactones) is 1.